The Bertz CT molecular complexity index is 1510. The first-order valence-corrected chi connectivity index (χ1v) is 11.8. The molecule has 0 saturated carbocycles. The van der Waals surface area contributed by atoms with Gasteiger partial charge in [-0.25, -0.2) is 19.2 Å². The summed E-state index contributed by atoms with van der Waals surface area (Å²) in [5, 5.41) is 26.9. The van der Waals surface area contributed by atoms with Crippen LogP contribution < -0.4 is 27.2 Å². The number of aliphatic hydroxyl groups is 1. The zero-order valence-corrected chi connectivity index (χ0v) is 20.4. The lowest BCUT2D eigenvalue weighted by atomic mass is 10.1. The minimum absolute atomic E-state index is 0.0517. The van der Waals surface area contributed by atoms with E-state index in [1.807, 2.05) is 0 Å². The van der Waals surface area contributed by atoms with E-state index < -0.39 is 35.5 Å². The number of nitrogens with zero attached hydrogens (tertiary/aromatic N) is 5. The number of nitriles is 1. The molecule has 0 saturated heterocycles. The van der Waals surface area contributed by atoms with Crippen molar-refractivity contribution in [3.8, 4) is 11.8 Å². The molecule has 0 spiro atoms. The van der Waals surface area contributed by atoms with Gasteiger partial charge in [-0.2, -0.15) is 5.26 Å². The second-order valence-corrected chi connectivity index (χ2v) is 8.51. The smallest absolute Gasteiger partial charge is 0.319 e. The Hall–Kier alpha value is -4.67. The number of aromatic nitrogens is 2. The molecule has 38 heavy (non-hydrogen) atoms. The molecule has 196 valence electrons. The topological polar surface area (TPSA) is 183 Å². The second-order valence-electron chi connectivity index (χ2n) is 8.51. The molecule has 0 radical (unpaired) electrons. The van der Waals surface area contributed by atoms with Crippen molar-refractivity contribution in [2.45, 2.75) is 25.6 Å². The summed E-state index contributed by atoms with van der Waals surface area (Å²) in [6, 6.07) is 11.5. The van der Waals surface area contributed by atoms with Gasteiger partial charge in [-0.05, 0) is 43.7 Å². The van der Waals surface area contributed by atoms with Gasteiger partial charge in [0.1, 0.15) is 41.4 Å². The molecule has 0 aliphatic carbocycles. The van der Waals surface area contributed by atoms with Gasteiger partial charge in [0, 0.05) is 18.8 Å². The molecule has 2 heterocycles. The second kappa shape index (κ2) is 11.6. The lowest BCUT2D eigenvalue weighted by Gasteiger charge is -2.26. The predicted octanol–water partition coefficient (Wildman–Crippen LogP) is 1.54. The van der Waals surface area contributed by atoms with Crippen LogP contribution in [0.1, 0.15) is 25.2 Å². The molecular weight excluding hydrogens is 493 g/mol. The van der Waals surface area contributed by atoms with E-state index >= 15 is 0 Å². The molecule has 1 aliphatic heterocycles. The number of nitrogens with one attached hydrogen (secondary N) is 3. The summed E-state index contributed by atoms with van der Waals surface area (Å²) in [5.74, 6) is -1.25. The number of aliphatic hydroxyl groups excluding tert-OH is 1. The third-order valence-electron chi connectivity index (χ3n) is 5.87. The van der Waals surface area contributed by atoms with Crippen molar-refractivity contribution in [1.29, 1.82) is 5.26 Å². The summed E-state index contributed by atoms with van der Waals surface area (Å²) in [5.41, 5.74) is 6.00. The van der Waals surface area contributed by atoms with Crippen LogP contribution >= 0.6 is 0 Å². The van der Waals surface area contributed by atoms with Gasteiger partial charge in [0.25, 0.3) is 5.56 Å². The number of carbonyl (C=O) groups excluding carboxylic acids is 1. The van der Waals surface area contributed by atoms with Gasteiger partial charge in [0.2, 0.25) is 0 Å². The van der Waals surface area contributed by atoms with Crippen molar-refractivity contribution in [2.75, 3.05) is 18.5 Å². The summed E-state index contributed by atoms with van der Waals surface area (Å²) >= 11 is 0. The third kappa shape index (κ3) is 5.51. The van der Waals surface area contributed by atoms with E-state index in [9.17, 15) is 19.2 Å². The maximum atomic E-state index is 14.7. The molecule has 2 aromatic carbocycles. The maximum absolute atomic E-state index is 14.7. The zero-order valence-electron chi connectivity index (χ0n) is 20.4. The molecule has 1 aliphatic rings. The Morgan fingerprint density at radius 2 is 2.11 bits per heavy atom. The summed E-state index contributed by atoms with van der Waals surface area (Å²) in [6.07, 6.45) is 0.880. The van der Waals surface area contributed by atoms with Crippen molar-refractivity contribution in [1.82, 2.24) is 20.2 Å². The van der Waals surface area contributed by atoms with Crippen molar-refractivity contribution in [3.63, 3.8) is 0 Å². The highest BCUT2D eigenvalue weighted by Gasteiger charge is 2.29. The predicted molar refractivity (Wildman–Crippen MR) is 141 cm³/mol. The van der Waals surface area contributed by atoms with Crippen molar-refractivity contribution in [3.05, 3.63) is 64.5 Å². The molecule has 3 atom stereocenters. The molecule has 3 aromatic rings. The summed E-state index contributed by atoms with van der Waals surface area (Å²) in [4.78, 5) is 38.4. The highest BCUT2D eigenvalue weighted by molar-refractivity contribution is 5.93. The van der Waals surface area contributed by atoms with Crippen LogP contribution in [0.15, 0.2) is 57.2 Å². The standard InChI is InChI=1S/C25H26FN9O3/c1-14(32-22-18(12-27)21(28)30-13-31-22)23-34-20-17(7-3-8-19(20)26)24(37)35(23)16-6-2-5-15(11-16)33-25(38)29-9-4-10-36/h2-3,5-8,11,13-14,18,22,32,36H,4,9-10H2,1H3,(H2,28,30,31)(H2,29,33,38)/t14-,18?,22?/m0/s1. The van der Waals surface area contributed by atoms with Gasteiger partial charge in [0.05, 0.1) is 23.2 Å². The fourth-order valence-electron chi connectivity index (χ4n) is 4.02. The van der Waals surface area contributed by atoms with Crippen LogP contribution in [0.3, 0.4) is 0 Å². The molecular formula is C25H26FN9O3. The zero-order chi connectivity index (χ0) is 27.2. The average Bonchev–Trinajstić information content (AvgIpc) is 2.89. The maximum Gasteiger partial charge on any atom is 0.319 e. The van der Waals surface area contributed by atoms with Gasteiger partial charge in [0.15, 0.2) is 0 Å². The first-order valence-electron chi connectivity index (χ1n) is 11.8. The van der Waals surface area contributed by atoms with Crippen LogP contribution in [-0.2, 0) is 0 Å². The first-order chi connectivity index (χ1) is 18.3. The first kappa shape index (κ1) is 26.4. The molecule has 2 amide bonds. The number of nitrogens with two attached hydrogens (primary N) is 1. The molecule has 0 bridgehead atoms. The van der Waals surface area contributed by atoms with Gasteiger partial charge in [-0.15, -0.1) is 0 Å². The minimum atomic E-state index is -0.850. The van der Waals surface area contributed by atoms with Crippen LogP contribution in [0.5, 0.6) is 0 Å². The Kier molecular flexibility index (Phi) is 8.05. The lowest BCUT2D eigenvalue weighted by molar-refractivity contribution is 0.249. The number of hydrogen-bond acceptors (Lipinski definition) is 9. The van der Waals surface area contributed by atoms with Crippen molar-refractivity contribution in [2.24, 2.45) is 21.6 Å². The summed E-state index contributed by atoms with van der Waals surface area (Å²) in [7, 11) is 0. The number of amidine groups is 1. The van der Waals surface area contributed by atoms with Crippen molar-refractivity contribution >= 4 is 34.8 Å². The SMILES string of the molecule is C[C@H](NC1N=CN=C(N)C1C#N)c1nc2c(F)cccc2c(=O)n1-c1cccc(NC(=O)NCCCO)c1. The lowest BCUT2D eigenvalue weighted by Crippen LogP contribution is -2.45. The third-order valence-corrected chi connectivity index (χ3v) is 5.87. The number of benzene rings is 2. The average molecular weight is 520 g/mol. The van der Waals surface area contributed by atoms with Gasteiger partial charge in [-0.1, -0.05) is 12.1 Å². The Labute approximate surface area is 216 Å². The summed E-state index contributed by atoms with van der Waals surface area (Å²) in [6.45, 7) is 1.94. The quantitative estimate of drug-likeness (QED) is 0.280. The van der Waals surface area contributed by atoms with E-state index in [1.165, 1.54) is 29.1 Å². The number of urea groups is 1. The molecule has 0 fully saturated rings. The number of aliphatic imine (C=N–C) groups is 2. The minimum Gasteiger partial charge on any atom is -0.396 e. The van der Waals surface area contributed by atoms with E-state index in [1.54, 1.807) is 31.2 Å². The number of amides is 2. The number of halogens is 1. The molecule has 13 heteroatoms. The fraction of sp³-hybridized carbons (Fsp3) is 0.280. The highest BCUT2D eigenvalue weighted by atomic mass is 19.1. The number of para-hydroxylation sites is 1. The Morgan fingerprint density at radius 1 is 1.32 bits per heavy atom. The number of rotatable bonds is 8. The van der Waals surface area contributed by atoms with Crippen molar-refractivity contribution < 1.29 is 14.3 Å². The van der Waals surface area contributed by atoms with E-state index in [-0.39, 0.29) is 35.7 Å². The molecule has 2 unspecified atom stereocenters. The van der Waals surface area contributed by atoms with Gasteiger partial charge in [-0.3, -0.25) is 19.7 Å². The van der Waals surface area contributed by atoms with Crippen LogP contribution in [0.4, 0.5) is 14.9 Å². The number of anilines is 1. The molecule has 12 nitrogen and oxygen atoms in total. The number of hydrogen-bond donors (Lipinski definition) is 5. The number of carbonyl (C=O) groups is 1. The molecule has 6 N–H and O–H groups in total. The number of fused-ring (bicyclic) bond motifs is 1. The Morgan fingerprint density at radius 3 is 2.87 bits per heavy atom. The largest absolute Gasteiger partial charge is 0.396 e. The van der Waals surface area contributed by atoms with Crippen LogP contribution in [0.2, 0.25) is 0 Å². The fourth-order valence-corrected chi connectivity index (χ4v) is 4.02. The van der Waals surface area contributed by atoms with E-state index in [0.717, 1.165) is 0 Å². The highest BCUT2D eigenvalue weighted by Crippen LogP contribution is 2.23. The van der Waals surface area contributed by atoms with E-state index in [4.69, 9.17) is 10.8 Å². The Balaban J connectivity index is 1.76. The van der Waals surface area contributed by atoms with Crippen LogP contribution in [0.25, 0.3) is 16.6 Å². The van der Waals surface area contributed by atoms with E-state index in [2.05, 4.69) is 37.0 Å². The monoisotopic (exact) mass is 519 g/mol. The van der Waals surface area contributed by atoms with Gasteiger partial charge >= 0.3 is 6.03 Å². The van der Waals surface area contributed by atoms with Crippen LogP contribution in [0, 0.1) is 23.1 Å². The molecule has 4 rings (SSSR count). The molecule has 1 aromatic heterocycles. The van der Waals surface area contributed by atoms with Crippen LogP contribution in [-0.4, -0.2) is 52.2 Å². The van der Waals surface area contributed by atoms with E-state index in [0.29, 0.717) is 17.8 Å². The van der Waals surface area contributed by atoms with Gasteiger partial charge < -0.3 is 21.5 Å². The summed E-state index contributed by atoms with van der Waals surface area (Å²) < 4.78 is 16.0. The normalized spacial score (nSPS) is 17.5.